The van der Waals surface area contributed by atoms with E-state index in [-0.39, 0.29) is 18.3 Å². The predicted octanol–water partition coefficient (Wildman–Crippen LogP) is 2.90. The van der Waals surface area contributed by atoms with Gasteiger partial charge in [0.1, 0.15) is 4.32 Å². The monoisotopic (exact) mass is 327 g/mol. The lowest BCUT2D eigenvalue weighted by Gasteiger charge is -2.13. The minimum atomic E-state index is -0.274. The van der Waals surface area contributed by atoms with Gasteiger partial charge in [-0.2, -0.15) is 0 Å². The molecule has 0 unspecified atom stereocenters. The van der Waals surface area contributed by atoms with Crippen LogP contribution in [0.2, 0.25) is 0 Å². The third kappa shape index (κ3) is 3.68. The predicted molar refractivity (Wildman–Crippen MR) is 85.4 cm³/mol. The van der Waals surface area contributed by atoms with Gasteiger partial charge >= 0.3 is 5.97 Å². The molecule has 0 radical (unpaired) electrons. The van der Waals surface area contributed by atoms with E-state index in [9.17, 15) is 9.59 Å². The summed E-state index contributed by atoms with van der Waals surface area (Å²) < 4.78 is 5.11. The van der Waals surface area contributed by atoms with E-state index in [4.69, 9.17) is 12.2 Å². The van der Waals surface area contributed by atoms with Crippen molar-refractivity contribution >= 4 is 57.6 Å². The maximum Gasteiger partial charge on any atom is 0.305 e. The highest BCUT2D eigenvalue weighted by Crippen LogP contribution is 2.33. The number of esters is 1. The Morgan fingerprint density at radius 1 is 1.55 bits per heavy atom. The number of thiophene rings is 1. The number of thiocarbonyl (C=S) groups is 1. The molecule has 0 bridgehead atoms. The molecule has 1 saturated heterocycles. The normalized spacial score (nSPS) is 17.1. The number of amides is 1. The lowest BCUT2D eigenvalue weighted by molar-refractivity contribution is -0.141. The van der Waals surface area contributed by atoms with Crippen molar-refractivity contribution in [1.82, 2.24) is 4.90 Å². The summed E-state index contributed by atoms with van der Waals surface area (Å²) in [6, 6.07) is 3.89. The molecule has 1 aliphatic heterocycles. The molecular weight excluding hydrogens is 314 g/mol. The first-order chi connectivity index (χ1) is 9.61. The van der Waals surface area contributed by atoms with Crippen LogP contribution in [0.1, 0.15) is 17.7 Å². The molecule has 1 aromatic rings. The summed E-state index contributed by atoms with van der Waals surface area (Å²) in [6.07, 6.45) is 2.69. The van der Waals surface area contributed by atoms with Gasteiger partial charge in [0, 0.05) is 17.8 Å². The van der Waals surface area contributed by atoms with Crippen molar-refractivity contribution in [1.29, 1.82) is 0 Å². The van der Waals surface area contributed by atoms with Gasteiger partial charge < -0.3 is 4.74 Å². The van der Waals surface area contributed by atoms with E-state index in [0.717, 1.165) is 4.88 Å². The molecule has 0 atom stereocenters. The highest BCUT2D eigenvalue weighted by molar-refractivity contribution is 8.26. The summed E-state index contributed by atoms with van der Waals surface area (Å²) in [5.41, 5.74) is 0. The summed E-state index contributed by atoms with van der Waals surface area (Å²) in [7, 11) is 1.35. The summed E-state index contributed by atoms with van der Waals surface area (Å²) in [4.78, 5) is 26.5. The summed E-state index contributed by atoms with van der Waals surface area (Å²) in [5.74, 6) is -0.358. The fourth-order valence-electron chi connectivity index (χ4n) is 1.68. The van der Waals surface area contributed by atoms with Crippen LogP contribution in [0.3, 0.4) is 0 Å². The molecule has 0 aliphatic carbocycles. The van der Waals surface area contributed by atoms with Gasteiger partial charge in [-0.25, -0.2) is 0 Å². The number of methoxy groups -OCH3 is 1. The van der Waals surface area contributed by atoms with Crippen molar-refractivity contribution in [3.05, 3.63) is 27.3 Å². The number of carbonyl (C=O) groups excluding carboxylic acids is 2. The Kier molecular flexibility index (Phi) is 5.33. The van der Waals surface area contributed by atoms with Crippen molar-refractivity contribution in [2.45, 2.75) is 12.8 Å². The average Bonchev–Trinajstić information content (AvgIpc) is 3.02. The van der Waals surface area contributed by atoms with Crippen LogP contribution in [0.15, 0.2) is 22.4 Å². The number of ether oxygens (including phenoxy) is 1. The lowest BCUT2D eigenvalue weighted by Crippen LogP contribution is -2.29. The third-order valence-electron chi connectivity index (χ3n) is 2.68. The van der Waals surface area contributed by atoms with E-state index in [0.29, 0.717) is 22.2 Å². The van der Waals surface area contributed by atoms with E-state index >= 15 is 0 Å². The smallest absolute Gasteiger partial charge is 0.305 e. The molecule has 1 aromatic heterocycles. The lowest BCUT2D eigenvalue weighted by atomic mass is 10.3. The Morgan fingerprint density at radius 2 is 2.35 bits per heavy atom. The van der Waals surface area contributed by atoms with Crippen molar-refractivity contribution < 1.29 is 14.3 Å². The van der Waals surface area contributed by atoms with Crippen LogP contribution in [-0.4, -0.2) is 34.8 Å². The maximum atomic E-state index is 12.2. The Morgan fingerprint density at radius 3 is 3.00 bits per heavy atom. The van der Waals surface area contributed by atoms with E-state index in [1.807, 2.05) is 23.6 Å². The Balaban J connectivity index is 1.97. The topological polar surface area (TPSA) is 46.6 Å². The number of hydrogen-bond donors (Lipinski definition) is 0. The van der Waals surface area contributed by atoms with Crippen molar-refractivity contribution in [3.8, 4) is 0 Å². The molecule has 0 aromatic carbocycles. The van der Waals surface area contributed by atoms with Gasteiger partial charge in [-0.1, -0.05) is 30.0 Å². The Hall–Kier alpha value is -1.18. The quantitative estimate of drug-likeness (QED) is 0.473. The molecule has 1 amide bonds. The van der Waals surface area contributed by atoms with E-state index < -0.39 is 0 Å². The zero-order valence-electron chi connectivity index (χ0n) is 10.8. The summed E-state index contributed by atoms with van der Waals surface area (Å²) >= 11 is 8.09. The molecule has 4 nitrogen and oxygen atoms in total. The largest absolute Gasteiger partial charge is 0.469 e. The third-order valence-corrected chi connectivity index (χ3v) is 4.88. The second kappa shape index (κ2) is 7.01. The molecule has 2 rings (SSSR count). The zero-order chi connectivity index (χ0) is 14.5. The first kappa shape index (κ1) is 15.2. The molecule has 2 heterocycles. The van der Waals surface area contributed by atoms with Crippen molar-refractivity contribution in [2.24, 2.45) is 0 Å². The Bertz CT molecular complexity index is 551. The number of thioether (sulfide) groups is 1. The maximum absolute atomic E-state index is 12.2. The fourth-order valence-corrected chi connectivity index (χ4v) is 3.71. The van der Waals surface area contributed by atoms with Crippen molar-refractivity contribution in [3.63, 3.8) is 0 Å². The first-order valence-corrected chi connectivity index (χ1v) is 8.08. The number of hydrogen-bond acceptors (Lipinski definition) is 6. The van der Waals surface area contributed by atoms with Crippen LogP contribution < -0.4 is 0 Å². The molecule has 1 fully saturated rings. The molecule has 106 valence electrons. The van der Waals surface area contributed by atoms with Crippen LogP contribution in [0.25, 0.3) is 6.08 Å². The minimum Gasteiger partial charge on any atom is -0.469 e. The van der Waals surface area contributed by atoms with Crippen molar-refractivity contribution in [2.75, 3.05) is 13.7 Å². The molecule has 0 spiro atoms. The number of rotatable bonds is 5. The minimum absolute atomic E-state index is 0.0849. The molecule has 0 saturated carbocycles. The van der Waals surface area contributed by atoms with Crippen LogP contribution in [0.4, 0.5) is 0 Å². The average molecular weight is 327 g/mol. The van der Waals surface area contributed by atoms with Crippen LogP contribution in [0, 0.1) is 0 Å². The van der Waals surface area contributed by atoms with Gasteiger partial charge in [0.05, 0.1) is 12.0 Å². The van der Waals surface area contributed by atoms with E-state index in [1.165, 1.54) is 18.9 Å². The van der Waals surface area contributed by atoms with Gasteiger partial charge in [0.25, 0.3) is 5.91 Å². The molecule has 1 aliphatic rings. The van der Waals surface area contributed by atoms with Crippen LogP contribution in [0.5, 0.6) is 0 Å². The highest BCUT2D eigenvalue weighted by Gasteiger charge is 2.31. The van der Waals surface area contributed by atoms with E-state index in [1.54, 1.807) is 16.2 Å². The fraction of sp³-hybridized carbons (Fsp3) is 0.308. The van der Waals surface area contributed by atoms with Gasteiger partial charge in [0.15, 0.2) is 0 Å². The standard InChI is InChI=1S/C13H13NO3S3/c1-17-11(15)5-2-6-14-12(16)10(20-13(14)18)8-9-4-3-7-19-9/h3-4,7-8H,2,5-6H2,1H3/b10-8+. The second-order valence-corrected chi connectivity index (χ2v) is 6.68. The number of carbonyl (C=O) groups is 2. The highest BCUT2D eigenvalue weighted by atomic mass is 32.2. The molecule has 20 heavy (non-hydrogen) atoms. The van der Waals surface area contributed by atoms with Gasteiger partial charge in [-0.15, -0.1) is 11.3 Å². The molecular formula is C13H13NO3S3. The zero-order valence-corrected chi connectivity index (χ0v) is 13.3. The van der Waals surface area contributed by atoms with Gasteiger partial charge in [0.2, 0.25) is 0 Å². The summed E-state index contributed by atoms with van der Waals surface area (Å²) in [6.45, 7) is 0.446. The second-order valence-electron chi connectivity index (χ2n) is 4.03. The summed E-state index contributed by atoms with van der Waals surface area (Å²) in [5, 5.41) is 1.96. The SMILES string of the molecule is COC(=O)CCCN1C(=O)/C(=C\c2cccs2)SC1=S. The van der Waals surface area contributed by atoms with Crippen LogP contribution in [-0.2, 0) is 14.3 Å². The molecule has 0 N–H and O–H groups in total. The number of nitrogens with zero attached hydrogens (tertiary/aromatic N) is 1. The Labute approximate surface area is 130 Å². The van der Waals surface area contributed by atoms with E-state index in [2.05, 4.69) is 4.74 Å². The van der Waals surface area contributed by atoms with Crippen LogP contribution >= 0.6 is 35.3 Å². The first-order valence-electron chi connectivity index (χ1n) is 5.97. The van der Waals surface area contributed by atoms with Gasteiger partial charge in [-0.05, 0) is 23.9 Å². The molecule has 7 heteroatoms. The van der Waals surface area contributed by atoms with Gasteiger partial charge in [-0.3, -0.25) is 14.5 Å².